The van der Waals surface area contributed by atoms with Crippen LogP contribution in [0.5, 0.6) is 11.6 Å². The molecule has 0 saturated heterocycles. The summed E-state index contributed by atoms with van der Waals surface area (Å²) in [5.41, 5.74) is 7.87. The third kappa shape index (κ3) is 3.00. The molecule has 1 heterocycles. The number of hydrogen-bond donors (Lipinski definition) is 1. The van der Waals surface area contributed by atoms with E-state index in [0.717, 1.165) is 11.3 Å². The van der Waals surface area contributed by atoms with Crippen molar-refractivity contribution in [2.45, 2.75) is 12.5 Å². The highest BCUT2D eigenvalue weighted by Crippen LogP contribution is 2.25. The number of nitrogens with two attached hydrogens (primary N) is 1. The van der Waals surface area contributed by atoms with Gasteiger partial charge < -0.3 is 15.2 Å². The molecule has 0 fully saturated rings. The van der Waals surface area contributed by atoms with Gasteiger partial charge in [-0.25, -0.2) is 4.98 Å². The number of aromatic nitrogens is 2. The summed E-state index contributed by atoms with van der Waals surface area (Å²) >= 11 is 0. The summed E-state index contributed by atoms with van der Waals surface area (Å²) in [6.07, 6.45) is 3.80. The van der Waals surface area contributed by atoms with Gasteiger partial charge in [0.05, 0.1) is 20.3 Å². The topological polar surface area (TPSA) is 70.3 Å². The first kappa shape index (κ1) is 13.3. The van der Waals surface area contributed by atoms with Crippen molar-refractivity contribution in [2.75, 3.05) is 14.2 Å². The first-order chi connectivity index (χ1) is 9.26. The number of rotatable bonds is 5. The minimum atomic E-state index is -0.292. The van der Waals surface area contributed by atoms with Crippen LogP contribution in [0.1, 0.15) is 17.3 Å². The highest BCUT2D eigenvalue weighted by molar-refractivity contribution is 5.35. The second-order valence-electron chi connectivity index (χ2n) is 4.07. The quantitative estimate of drug-likeness (QED) is 0.885. The number of methoxy groups -OCH3 is 2. The normalized spacial score (nSPS) is 11.9. The Labute approximate surface area is 112 Å². The lowest BCUT2D eigenvalue weighted by Gasteiger charge is -2.15. The molecule has 1 unspecified atom stereocenters. The molecule has 0 aliphatic heterocycles. The van der Waals surface area contributed by atoms with E-state index >= 15 is 0 Å². The van der Waals surface area contributed by atoms with Crippen LogP contribution in [0.2, 0.25) is 0 Å². The summed E-state index contributed by atoms with van der Waals surface area (Å²) in [5.74, 6) is 1.28. The fraction of sp³-hybridized carbons (Fsp3) is 0.286. The average molecular weight is 259 g/mol. The smallest absolute Gasteiger partial charge is 0.236 e. The SMILES string of the molecule is COc1ccccc1CC(N)c1nccnc1OC. The van der Waals surface area contributed by atoms with Crippen LogP contribution in [0.25, 0.3) is 0 Å². The van der Waals surface area contributed by atoms with Gasteiger partial charge in [0.1, 0.15) is 11.4 Å². The van der Waals surface area contributed by atoms with E-state index in [1.807, 2.05) is 24.3 Å². The van der Waals surface area contributed by atoms with Gasteiger partial charge in [0.25, 0.3) is 0 Å². The molecule has 2 N–H and O–H groups in total. The van der Waals surface area contributed by atoms with Crippen molar-refractivity contribution in [3.63, 3.8) is 0 Å². The Hall–Kier alpha value is -2.14. The zero-order valence-electron chi connectivity index (χ0n) is 11.0. The Morgan fingerprint density at radius 3 is 2.58 bits per heavy atom. The van der Waals surface area contributed by atoms with Gasteiger partial charge in [0.2, 0.25) is 5.88 Å². The van der Waals surface area contributed by atoms with Crippen LogP contribution in [-0.2, 0) is 6.42 Å². The van der Waals surface area contributed by atoms with Crippen LogP contribution in [0.3, 0.4) is 0 Å². The van der Waals surface area contributed by atoms with Gasteiger partial charge in [-0.05, 0) is 18.1 Å². The lowest BCUT2D eigenvalue weighted by atomic mass is 10.0. The van der Waals surface area contributed by atoms with Crippen molar-refractivity contribution in [1.29, 1.82) is 0 Å². The van der Waals surface area contributed by atoms with Crippen molar-refractivity contribution >= 4 is 0 Å². The van der Waals surface area contributed by atoms with Gasteiger partial charge in [-0.3, -0.25) is 4.98 Å². The Kier molecular flexibility index (Phi) is 4.30. The van der Waals surface area contributed by atoms with Gasteiger partial charge in [-0.15, -0.1) is 0 Å². The molecule has 5 heteroatoms. The maximum atomic E-state index is 6.19. The monoisotopic (exact) mass is 259 g/mol. The van der Waals surface area contributed by atoms with Crippen LogP contribution in [-0.4, -0.2) is 24.2 Å². The molecule has 1 atom stereocenters. The summed E-state index contributed by atoms with van der Waals surface area (Å²) in [6.45, 7) is 0. The fourth-order valence-electron chi connectivity index (χ4n) is 1.95. The van der Waals surface area contributed by atoms with Gasteiger partial charge in [0, 0.05) is 12.4 Å². The van der Waals surface area contributed by atoms with Gasteiger partial charge in [0.15, 0.2) is 0 Å². The minimum Gasteiger partial charge on any atom is -0.496 e. The van der Waals surface area contributed by atoms with E-state index in [1.54, 1.807) is 26.6 Å². The van der Waals surface area contributed by atoms with E-state index in [4.69, 9.17) is 15.2 Å². The molecule has 0 aliphatic carbocycles. The zero-order valence-corrected chi connectivity index (χ0v) is 11.0. The Balaban J connectivity index is 2.23. The first-order valence-corrected chi connectivity index (χ1v) is 5.98. The molecule has 2 aromatic rings. The lowest BCUT2D eigenvalue weighted by molar-refractivity contribution is 0.382. The molecule has 5 nitrogen and oxygen atoms in total. The number of hydrogen-bond acceptors (Lipinski definition) is 5. The average Bonchev–Trinajstić information content (AvgIpc) is 2.47. The van der Waals surface area contributed by atoms with Gasteiger partial charge >= 0.3 is 0 Å². The van der Waals surface area contributed by atoms with Gasteiger partial charge in [-0.2, -0.15) is 0 Å². The lowest BCUT2D eigenvalue weighted by Crippen LogP contribution is -2.17. The molecular formula is C14H17N3O2. The highest BCUT2D eigenvalue weighted by atomic mass is 16.5. The van der Waals surface area contributed by atoms with E-state index in [1.165, 1.54) is 0 Å². The van der Waals surface area contributed by atoms with Crippen LogP contribution >= 0.6 is 0 Å². The van der Waals surface area contributed by atoms with E-state index in [0.29, 0.717) is 18.0 Å². The molecule has 2 rings (SSSR count). The Morgan fingerprint density at radius 2 is 1.84 bits per heavy atom. The van der Waals surface area contributed by atoms with Crippen LogP contribution in [0.15, 0.2) is 36.7 Å². The fourth-order valence-corrected chi connectivity index (χ4v) is 1.95. The predicted octanol–water partition coefficient (Wildman–Crippen LogP) is 1.74. The highest BCUT2D eigenvalue weighted by Gasteiger charge is 2.16. The van der Waals surface area contributed by atoms with E-state index in [9.17, 15) is 0 Å². The first-order valence-electron chi connectivity index (χ1n) is 5.98. The second kappa shape index (κ2) is 6.15. The van der Waals surface area contributed by atoms with Crippen LogP contribution in [0, 0.1) is 0 Å². The van der Waals surface area contributed by atoms with Crippen molar-refractivity contribution in [1.82, 2.24) is 9.97 Å². The van der Waals surface area contributed by atoms with E-state index < -0.39 is 0 Å². The number of benzene rings is 1. The molecule has 0 bridgehead atoms. The van der Waals surface area contributed by atoms with Crippen LogP contribution < -0.4 is 15.2 Å². The molecule has 19 heavy (non-hydrogen) atoms. The van der Waals surface area contributed by atoms with Crippen LogP contribution in [0.4, 0.5) is 0 Å². The third-order valence-corrected chi connectivity index (χ3v) is 2.87. The Bertz CT molecular complexity index is 546. The summed E-state index contributed by atoms with van der Waals surface area (Å²) in [4.78, 5) is 8.35. The molecule has 0 amide bonds. The molecule has 100 valence electrons. The molecule has 1 aromatic carbocycles. The second-order valence-corrected chi connectivity index (χ2v) is 4.07. The Morgan fingerprint density at radius 1 is 1.11 bits per heavy atom. The van der Waals surface area contributed by atoms with Crippen molar-refractivity contribution in [3.8, 4) is 11.6 Å². The number of ether oxygens (including phenoxy) is 2. The third-order valence-electron chi connectivity index (χ3n) is 2.87. The largest absolute Gasteiger partial charge is 0.496 e. The van der Waals surface area contributed by atoms with E-state index in [-0.39, 0.29) is 6.04 Å². The number of nitrogens with zero attached hydrogens (tertiary/aromatic N) is 2. The minimum absolute atomic E-state index is 0.292. The molecular weight excluding hydrogens is 242 g/mol. The number of para-hydroxylation sites is 1. The standard InChI is InChI=1S/C14H17N3O2/c1-18-12-6-4-3-5-10(12)9-11(15)13-14(19-2)17-8-7-16-13/h3-8,11H,9,15H2,1-2H3. The summed E-state index contributed by atoms with van der Waals surface area (Å²) in [7, 11) is 3.20. The molecule has 0 saturated carbocycles. The van der Waals surface area contributed by atoms with Crippen molar-refractivity contribution in [2.24, 2.45) is 5.73 Å². The summed E-state index contributed by atoms with van der Waals surface area (Å²) in [5, 5.41) is 0. The van der Waals surface area contributed by atoms with Crippen molar-refractivity contribution < 1.29 is 9.47 Å². The molecule has 0 radical (unpaired) electrons. The molecule has 0 spiro atoms. The maximum absolute atomic E-state index is 6.19. The summed E-state index contributed by atoms with van der Waals surface area (Å²) in [6, 6.07) is 7.49. The van der Waals surface area contributed by atoms with Crippen molar-refractivity contribution in [3.05, 3.63) is 47.9 Å². The zero-order chi connectivity index (χ0) is 13.7. The summed E-state index contributed by atoms with van der Waals surface area (Å²) < 4.78 is 10.5. The van der Waals surface area contributed by atoms with E-state index in [2.05, 4.69) is 9.97 Å². The molecule has 0 aliphatic rings. The van der Waals surface area contributed by atoms with Gasteiger partial charge in [-0.1, -0.05) is 18.2 Å². The maximum Gasteiger partial charge on any atom is 0.236 e. The molecule has 1 aromatic heterocycles. The predicted molar refractivity (Wildman–Crippen MR) is 72.2 cm³/mol.